The Balaban J connectivity index is 2.82. The minimum atomic E-state index is 0.227. The van der Waals surface area contributed by atoms with Crippen LogP contribution in [0, 0.1) is 0 Å². The van der Waals surface area contributed by atoms with Crippen LogP contribution in [0.15, 0.2) is 29.3 Å². The maximum absolute atomic E-state index is 5.27. The van der Waals surface area contributed by atoms with E-state index >= 15 is 0 Å². The Morgan fingerprint density at radius 2 is 2.06 bits per heavy atom. The molecule has 1 aromatic rings. The van der Waals surface area contributed by atoms with Crippen LogP contribution < -0.4 is 4.74 Å². The van der Waals surface area contributed by atoms with Crippen molar-refractivity contribution in [3.63, 3.8) is 0 Å². The van der Waals surface area contributed by atoms with Gasteiger partial charge in [0.05, 0.1) is 7.11 Å². The molecular formula is C13H20N2O. The molecule has 0 aromatic heterocycles. The van der Waals surface area contributed by atoms with Gasteiger partial charge in [-0.05, 0) is 32.6 Å². The number of rotatable bonds is 5. The second kappa shape index (κ2) is 6.28. The molecule has 88 valence electrons. The van der Waals surface area contributed by atoms with E-state index in [1.54, 1.807) is 7.11 Å². The average Bonchev–Trinajstić information content (AvgIpc) is 2.30. The van der Waals surface area contributed by atoms with Crippen molar-refractivity contribution in [3.05, 3.63) is 29.8 Å². The number of para-hydroxylation sites is 1. The van der Waals surface area contributed by atoms with Crippen LogP contribution in [0.5, 0.6) is 5.75 Å². The Kier molecular flexibility index (Phi) is 4.99. The molecule has 0 amide bonds. The van der Waals surface area contributed by atoms with E-state index in [1.165, 1.54) is 0 Å². The average molecular weight is 220 g/mol. The number of hydrogen-bond donors (Lipinski definition) is 0. The molecule has 0 fully saturated rings. The van der Waals surface area contributed by atoms with Crippen LogP contribution in [-0.2, 0) is 0 Å². The molecule has 1 rings (SSSR count). The molecule has 0 aliphatic rings. The fraction of sp³-hybridized carbons (Fsp3) is 0.462. The summed E-state index contributed by atoms with van der Waals surface area (Å²) in [6, 6.07) is 7.89. The summed E-state index contributed by atoms with van der Waals surface area (Å²) in [6.45, 7) is 2.13. The van der Waals surface area contributed by atoms with Crippen molar-refractivity contribution in [2.24, 2.45) is 4.99 Å². The van der Waals surface area contributed by atoms with Crippen LogP contribution in [-0.4, -0.2) is 38.5 Å². The summed E-state index contributed by atoms with van der Waals surface area (Å²) in [5.41, 5.74) is 1.02. The molecule has 0 saturated heterocycles. The molecule has 1 atom stereocenters. The number of ether oxygens (including phenoxy) is 1. The number of aliphatic imine (C=N–C) groups is 1. The van der Waals surface area contributed by atoms with Gasteiger partial charge in [0.25, 0.3) is 0 Å². The van der Waals surface area contributed by atoms with Crippen LogP contribution in [0.1, 0.15) is 18.9 Å². The third-order valence-corrected chi connectivity index (χ3v) is 2.49. The molecule has 0 N–H and O–H groups in total. The molecule has 1 aromatic carbocycles. The van der Waals surface area contributed by atoms with E-state index < -0.39 is 0 Å². The molecule has 3 nitrogen and oxygen atoms in total. The zero-order chi connectivity index (χ0) is 12.0. The molecular weight excluding hydrogens is 200 g/mol. The van der Waals surface area contributed by atoms with E-state index in [1.807, 2.05) is 44.6 Å². The topological polar surface area (TPSA) is 24.8 Å². The van der Waals surface area contributed by atoms with Crippen LogP contribution in [0.2, 0.25) is 0 Å². The van der Waals surface area contributed by atoms with E-state index in [0.717, 1.165) is 17.7 Å². The first-order valence-corrected chi connectivity index (χ1v) is 5.51. The van der Waals surface area contributed by atoms with Gasteiger partial charge in [0.2, 0.25) is 0 Å². The lowest BCUT2D eigenvalue weighted by Crippen LogP contribution is -2.25. The van der Waals surface area contributed by atoms with E-state index in [9.17, 15) is 0 Å². The summed E-state index contributed by atoms with van der Waals surface area (Å²) >= 11 is 0. The predicted octanol–water partition coefficient (Wildman–Crippen LogP) is 2.41. The Labute approximate surface area is 97.8 Å². The van der Waals surface area contributed by atoms with Crippen molar-refractivity contribution in [2.45, 2.75) is 19.5 Å². The fourth-order valence-corrected chi connectivity index (χ4v) is 1.54. The van der Waals surface area contributed by atoms with Crippen molar-refractivity contribution < 1.29 is 4.74 Å². The van der Waals surface area contributed by atoms with Crippen molar-refractivity contribution in [2.75, 3.05) is 21.2 Å². The minimum absolute atomic E-state index is 0.227. The van der Waals surface area contributed by atoms with Crippen LogP contribution >= 0.6 is 0 Å². The molecule has 0 radical (unpaired) electrons. The summed E-state index contributed by atoms with van der Waals surface area (Å²) in [6.07, 6.45) is 3.11. The zero-order valence-electron chi connectivity index (χ0n) is 10.5. The van der Waals surface area contributed by atoms with Gasteiger partial charge in [-0.15, -0.1) is 0 Å². The second-order valence-electron chi connectivity index (χ2n) is 3.87. The van der Waals surface area contributed by atoms with Gasteiger partial charge >= 0.3 is 0 Å². The Hall–Kier alpha value is -1.35. The summed E-state index contributed by atoms with van der Waals surface area (Å²) in [5.74, 6) is 0.861. The quantitative estimate of drug-likeness (QED) is 0.712. The summed E-state index contributed by atoms with van der Waals surface area (Å²) in [7, 11) is 5.75. The number of benzene rings is 1. The number of nitrogens with zero attached hydrogens (tertiary/aromatic N) is 2. The van der Waals surface area contributed by atoms with Gasteiger partial charge in [-0.1, -0.05) is 19.1 Å². The van der Waals surface area contributed by atoms with Crippen molar-refractivity contribution >= 4 is 6.21 Å². The molecule has 16 heavy (non-hydrogen) atoms. The Bertz CT molecular complexity index is 348. The highest BCUT2D eigenvalue weighted by Gasteiger charge is 2.05. The standard InChI is InChI=1S/C13H20N2O/c1-5-13(15(2)3)14-10-11-8-6-7-9-12(11)16-4/h6-10,13H,5H2,1-4H3/b14-10+. The molecule has 0 heterocycles. The Morgan fingerprint density at radius 1 is 1.38 bits per heavy atom. The van der Waals surface area contributed by atoms with Gasteiger partial charge in [0, 0.05) is 11.8 Å². The third kappa shape index (κ3) is 3.35. The fourth-order valence-electron chi connectivity index (χ4n) is 1.54. The van der Waals surface area contributed by atoms with Crippen LogP contribution in [0.4, 0.5) is 0 Å². The molecule has 1 unspecified atom stereocenters. The largest absolute Gasteiger partial charge is 0.496 e. The molecule has 0 aliphatic carbocycles. The van der Waals surface area contributed by atoms with Crippen LogP contribution in [0.3, 0.4) is 0 Å². The summed E-state index contributed by atoms with van der Waals surface area (Å²) < 4.78 is 5.27. The molecule has 3 heteroatoms. The third-order valence-electron chi connectivity index (χ3n) is 2.49. The maximum atomic E-state index is 5.27. The van der Waals surface area contributed by atoms with Crippen molar-refractivity contribution in [1.82, 2.24) is 4.90 Å². The smallest absolute Gasteiger partial charge is 0.127 e. The van der Waals surface area contributed by atoms with Gasteiger partial charge in [-0.2, -0.15) is 0 Å². The molecule has 0 spiro atoms. The first-order valence-electron chi connectivity index (χ1n) is 5.51. The Morgan fingerprint density at radius 3 is 2.62 bits per heavy atom. The highest BCUT2D eigenvalue weighted by Crippen LogP contribution is 2.15. The van der Waals surface area contributed by atoms with E-state index in [0.29, 0.717) is 0 Å². The predicted molar refractivity (Wildman–Crippen MR) is 68.4 cm³/mol. The van der Waals surface area contributed by atoms with Gasteiger partial charge in [0.1, 0.15) is 11.9 Å². The lowest BCUT2D eigenvalue weighted by atomic mass is 10.2. The van der Waals surface area contributed by atoms with Crippen LogP contribution in [0.25, 0.3) is 0 Å². The highest BCUT2D eigenvalue weighted by molar-refractivity contribution is 5.83. The van der Waals surface area contributed by atoms with Crippen molar-refractivity contribution in [3.8, 4) is 5.75 Å². The van der Waals surface area contributed by atoms with Gasteiger partial charge in [-0.3, -0.25) is 9.89 Å². The van der Waals surface area contributed by atoms with E-state index in [-0.39, 0.29) is 6.17 Å². The highest BCUT2D eigenvalue weighted by atomic mass is 16.5. The molecule has 0 aliphatic heterocycles. The first-order chi connectivity index (χ1) is 7.69. The molecule has 0 bridgehead atoms. The zero-order valence-corrected chi connectivity index (χ0v) is 10.5. The lowest BCUT2D eigenvalue weighted by Gasteiger charge is -2.18. The number of methoxy groups -OCH3 is 1. The van der Waals surface area contributed by atoms with Crippen molar-refractivity contribution in [1.29, 1.82) is 0 Å². The van der Waals surface area contributed by atoms with Gasteiger partial charge < -0.3 is 4.74 Å². The first kappa shape index (κ1) is 12.7. The molecule has 0 saturated carbocycles. The van der Waals surface area contributed by atoms with Gasteiger partial charge in [-0.25, -0.2) is 0 Å². The minimum Gasteiger partial charge on any atom is -0.496 e. The lowest BCUT2D eigenvalue weighted by molar-refractivity contribution is 0.296. The second-order valence-corrected chi connectivity index (χ2v) is 3.87. The monoisotopic (exact) mass is 220 g/mol. The normalized spacial score (nSPS) is 13.3. The maximum Gasteiger partial charge on any atom is 0.127 e. The van der Waals surface area contributed by atoms with E-state index in [2.05, 4.69) is 16.8 Å². The SMILES string of the molecule is CCC(/N=C/c1ccccc1OC)N(C)C. The van der Waals surface area contributed by atoms with Gasteiger partial charge in [0.15, 0.2) is 0 Å². The number of hydrogen-bond acceptors (Lipinski definition) is 3. The summed E-state index contributed by atoms with van der Waals surface area (Å²) in [5, 5.41) is 0. The van der Waals surface area contributed by atoms with E-state index in [4.69, 9.17) is 4.74 Å². The summed E-state index contributed by atoms with van der Waals surface area (Å²) in [4.78, 5) is 6.64.